The fourth-order valence-electron chi connectivity index (χ4n) is 3.57. The Morgan fingerprint density at radius 3 is 2.79 bits per heavy atom. The molecule has 1 fully saturated rings. The highest BCUT2D eigenvalue weighted by molar-refractivity contribution is 6.30. The first-order valence-electron chi connectivity index (χ1n) is 8.80. The van der Waals surface area contributed by atoms with Gasteiger partial charge in [-0.15, -0.1) is 5.10 Å². The number of amides is 1. The number of nitrogens with zero attached hydrogens (tertiary/aromatic N) is 5. The van der Waals surface area contributed by atoms with Crippen molar-refractivity contribution >= 4 is 23.3 Å². The maximum Gasteiger partial charge on any atom is 0.347 e. The first-order chi connectivity index (χ1) is 13.3. The number of hydrogen-bond donors (Lipinski definition) is 0. The third-order valence-electron chi connectivity index (χ3n) is 4.99. The molecule has 2 atom stereocenters. The molecular weight excluding hydrogens is 396 g/mol. The lowest BCUT2D eigenvalue weighted by molar-refractivity contribution is -0.134. The van der Waals surface area contributed by atoms with Crippen LogP contribution in [0.3, 0.4) is 0 Å². The number of carbonyl (C=O) groups excluding carboxylic acids is 2. The Morgan fingerprint density at radius 2 is 2.11 bits per heavy atom. The third-order valence-corrected chi connectivity index (χ3v) is 5.19. The molecule has 1 saturated heterocycles. The largest absolute Gasteiger partial charge is 0.347 e. The number of hydrogen-bond acceptors (Lipinski definition) is 5. The van der Waals surface area contributed by atoms with Crippen LogP contribution in [0.1, 0.15) is 41.6 Å². The summed E-state index contributed by atoms with van der Waals surface area (Å²) in [5, 5.41) is 4.10. The summed E-state index contributed by atoms with van der Waals surface area (Å²) in [6, 6.07) is 0.130. The summed E-state index contributed by atoms with van der Waals surface area (Å²) in [6.07, 6.45) is 0.580. The predicted octanol–water partition coefficient (Wildman–Crippen LogP) is 1.37. The monoisotopic (exact) mass is 411 g/mol. The summed E-state index contributed by atoms with van der Waals surface area (Å²) in [5.41, 5.74) is -0.786. The van der Waals surface area contributed by atoms with E-state index in [0.29, 0.717) is 0 Å². The third kappa shape index (κ3) is 3.21. The molecule has 2 aliphatic heterocycles. The molecule has 0 aliphatic carbocycles. The van der Waals surface area contributed by atoms with E-state index in [1.807, 2.05) is 0 Å². The van der Waals surface area contributed by atoms with Gasteiger partial charge in [-0.3, -0.25) is 19.1 Å². The summed E-state index contributed by atoms with van der Waals surface area (Å²) in [6.45, 7) is -0.0731. The van der Waals surface area contributed by atoms with Gasteiger partial charge in [0.25, 0.3) is 0 Å². The molecule has 0 unspecified atom stereocenters. The normalized spacial score (nSPS) is 21.8. The molecule has 8 nitrogen and oxygen atoms in total. The SMILES string of the molecule is O=C1CC[C@@H](C(=O)N2CC[C@H](F)C2)n2c1nn(Cc1ncc(Cl)cc1F)c2=O. The van der Waals surface area contributed by atoms with Gasteiger partial charge in [0, 0.05) is 19.2 Å². The molecule has 0 aromatic carbocycles. The standard InChI is InChI=1S/C17H16ClF2N5O3/c18-9-5-11(20)12(21-6-9)8-24-17(28)25-13(1-2-14(26)15(25)22-24)16(27)23-4-3-10(19)7-23/h5-6,10,13H,1-4,7-8H2/t10-,13-/m0/s1. The van der Waals surface area contributed by atoms with Crippen molar-refractivity contribution < 1.29 is 18.4 Å². The number of fused-ring (bicyclic) bond motifs is 1. The second kappa shape index (κ2) is 7.08. The summed E-state index contributed by atoms with van der Waals surface area (Å²) in [5.74, 6) is -1.66. The number of rotatable bonds is 3. The number of carbonyl (C=O) groups is 2. The molecule has 11 heteroatoms. The quantitative estimate of drug-likeness (QED) is 0.761. The molecule has 0 saturated carbocycles. The molecule has 0 N–H and O–H groups in total. The molecule has 4 heterocycles. The van der Waals surface area contributed by atoms with Gasteiger partial charge in [0.05, 0.1) is 23.8 Å². The smallest absolute Gasteiger partial charge is 0.338 e. The summed E-state index contributed by atoms with van der Waals surface area (Å²) >= 11 is 5.67. The van der Waals surface area contributed by atoms with E-state index in [-0.39, 0.29) is 61.2 Å². The van der Waals surface area contributed by atoms with Gasteiger partial charge in [0.1, 0.15) is 18.0 Å². The fraction of sp³-hybridized carbons (Fsp3) is 0.471. The lowest BCUT2D eigenvalue weighted by Gasteiger charge is -2.26. The molecular formula is C17H16ClF2N5O3. The van der Waals surface area contributed by atoms with Crippen LogP contribution in [0.25, 0.3) is 0 Å². The zero-order valence-electron chi connectivity index (χ0n) is 14.6. The fourth-order valence-corrected chi connectivity index (χ4v) is 3.71. The molecule has 4 rings (SSSR count). The van der Waals surface area contributed by atoms with Crippen LogP contribution < -0.4 is 5.69 Å². The van der Waals surface area contributed by atoms with Crippen LogP contribution in [0.5, 0.6) is 0 Å². The minimum absolute atomic E-state index is 0.0264. The Kier molecular flexibility index (Phi) is 4.74. The van der Waals surface area contributed by atoms with Crippen LogP contribution in [-0.4, -0.2) is 55.2 Å². The van der Waals surface area contributed by atoms with Crippen molar-refractivity contribution in [2.75, 3.05) is 13.1 Å². The van der Waals surface area contributed by atoms with Crippen molar-refractivity contribution in [1.82, 2.24) is 24.2 Å². The van der Waals surface area contributed by atoms with Crippen LogP contribution in [-0.2, 0) is 11.3 Å². The van der Waals surface area contributed by atoms with E-state index in [2.05, 4.69) is 10.1 Å². The maximum absolute atomic E-state index is 14.0. The second-order valence-electron chi connectivity index (χ2n) is 6.86. The number of alkyl halides is 1. The molecule has 0 radical (unpaired) electrons. The summed E-state index contributed by atoms with van der Waals surface area (Å²) in [7, 11) is 0. The van der Waals surface area contributed by atoms with E-state index < -0.39 is 29.6 Å². The zero-order chi connectivity index (χ0) is 20.0. The highest BCUT2D eigenvalue weighted by atomic mass is 35.5. The van der Waals surface area contributed by atoms with Crippen LogP contribution in [0.15, 0.2) is 17.1 Å². The topological polar surface area (TPSA) is 90.1 Å². The van der Waals surface area contributed by atoms with Crippen LogP contribution in [0.4, 0.5) is 8.78 Å². The molecule has 0 bridgehead atoms. The maximum atomic E-state index is 14.0. The number of Topliss-reactive ketones (excluding diaryl/α,β-unsaturated/α-hetero) is 1. The van der Waals surface area contributed by atoms with Crippen molar-refractivity contribution in [1.29, 1.82) is 0 Å². The first kappa shape index (κ1) is 18.7. The van der Waals surface area contributed by atoms with Crippen molar-refractivity contribution in [3.63, 3.8) is 0 Å². The van der Waals surface area contributed by atoms with Crippen molar-refractivity contribution in [2.24, 2.45) is 0 Å². The van der Waals surface area contributed by atoms with Crippen molar-refractivity contribution in [3.8, 4) is 0 Å². The van der Waals surface area contributed by atoms with Gasteiger partial charge in [-0.05, 0) is 18.9 Å². The first-order valence-corrected chi connectivity index (χ1v) is 9.18. The number of ketones is 1. The van der Waals surface area contributed by atoms with Crippen molar-refractivity contribution in [2.45, 2.75) is 38.0 Å². The van der Waals surface area contributed by atoms with Gasteiger partial charge < -0.3 is 4.90 Å². The Bertz CT molecular complexity index is 1020. The number of likely N-dealkylation sites (tertiary alicyclic amines) is 1. The van der Waals surface area contributed by atoms with E-state index in [9.17, 15) is 23.2 Å². The molecule has 2 aromatic rings. The number of aromatic nitrogens is 4. The predicted molar refractivity (Wildman–Crippen MR) is 93.5 cm³/mol. The van der Waals surface area contributed by atoms with Gasteiger partial charge in [0.15, 0.2) is 5.78 Å². The van der Waals surface area contributed by atoms with Gasteiger partial charge in [0.2, 0.25) is 11.7 Å². The average molecular weight is 412 g/mol. The summed E-state index contributed by atoms with van der Waals surface area (Å²) in [4.78, 5) is 43.1. The zero-order valence-corrected chi connectivity index (χ0v) is 15.4. The lowest BCUT2D eigenvalue weighted by atomic mass is 10.0. The molecule has 1 amide bonds. The summed E-state index contributed by atoms with van der Waals surface area (Å²) < 4.78 is 29.4. The Balaban J connectivity index is 1.68. The molecule has 2 aromatic heterocycles. The highest BCUT2D eigenvalue weighted by Crippen LogP contribution is 2.26. The molecule has 2 aliphatic rings. The molecule has 0 spiro atoms. The van der Waals surface area contributed by atoms with Gasteiger partial charge in [-0.2, -0.15) is 0 Å². The number of halogens is 3. The lowest BCUT2D eigenvalue weighted by Crippen LogP contribution is -2.42. The minimum atomic E-state index is -1.09. The van der Waals surface area contributed by atoms with Gasteiger partial charge in [-0.25, -0.2) is 18.3 Å². The Hall–Kier alpha value is -2.62. The average Bonchev–Trinajstić information content (AvgIpc) is 3.22. The minimum Gasteiger partial charge on any atom is -0.338 e. The Labute approximate surface area is 162 Å². The molecule has 28 heavy (non-hydrogen) atoms. The van der Waals surface area contributed by atoms with E-state index in [0.717, 1.165) is 15.3 Å². The molecule has 148 valence electrons. The van der Waals surface area contributed by atoms with E-state index in [1.165, 1.54) is 11.1 Å². The second-order valence-corrected chi connectivity index (χ2v) is 7.30. The van der Waals surface area contributed by atoms with E-state index in [4.69, 9.17) is 11.6 Å². The van der Waals surface area contributed by atoms with Crippen molar-refractivity contribution in [3.05, 3.63) is 45.1 Å². The number of pyridine rings is 1. The van der Waals surface area contributed by atoms with Gasteiger partial charge >= 0.3 is 5.69 Å². The van der Waals surface area contributed by atoms with Crippen LogP contribution in [0.2, 0.25) is 5.02 Å². The van der Waals surface area contributed by atoms with Crippen LogP contribution in [0, 0.1) is 5.82 Å². The van der Waals surface area contributed by atoms with E-state index in [1.54, 1.807) is 0 Å². The van der Waals surface area contributed by atoms with Gasteiger partial charge in [-0.1, -0.05) is 11.6 Å². The Morgan fingerprint density at radius 1 is 1.32 bits per heavy atom. The van der Waals surface area contributed by atoms with Crippen LogP contribution >= 0.6 is 11.6 Å². The highest BCUT2D eigenvalue weighted by Gasteiger charge is 2.38. The van der Waals surface area contributed by atoms with E-state index >= 15 is 0 Å².